The Morgan fingerprint density at radius 2 is 2.06 bits per heavy atom. The number of aliphatic carboxylic acids is 1. The van der Waals surface area contributed by atoms with Crippen molar-refractivity contribution in [3.8, 4) is 0 Å². The molecular formula is C10H16N2O4. The van der Waals surface area contributed by atoms with E-state index in [-0.39, 0.29) is 30.2 Å². The molecule has 2 fully saturated rings. The van der Waals surface area contributed by atoms with Crippen molar-refractivity contribution in [2.45, 2.75) is 12.5 Å². The molecule has 2 heterocycles. The smallest absolute Gasteiger partial charge is 0.303 e. The van der Waals surface area contributed by atoms with Crippen molar-refractivity contribution in [1.29, 1.82) is 0 Å². The number of ether oxygens (including phenoxy) is 1. The third-order valence-corrected chi connectivity index (χ3v) is 3.17. The standard InChI is InChI=1S/C10H16N2O4/c11-8-5-16-4-7(8)10(15)12-2-6(3-12)1-9(13)14/h6-8H,1-5,11H2,(H,13,14). The van der Waals surface area contributed by atoms with Crippen LogP contribution in [0.1, 0.15) is 6.42 Å². The van der Waals surface area contributed by atoms with Crippen LogP contribution >= 0.6 is 0 Å². The maximum absolute atomic E-state index is 11.9. The Balaban J connectivity index is 1.79. The summed E-state index contributed by atoms with van der Waals surface area (Å²) >= 11 is 0. The van der Waals surface area contributed by atoms with Crippen molar-refractivity contribution in [3.63, 3.8) is 0 Å². The lowest BCUT2D eigenvalue weighted by molar-refractivity contribution is -0.147. The Kier molecular flexibility index (Phi) is 3.11. The first-order valence-electron chi connectivity index (χ1n) is 5.42. The summed E-state index contributed by atoms with van der Waals surface area (Å²) in [7, 11) is 0. The zero-order valence-electron chi connectivity index (χ0n) is 8.96. The van der Waals surface area contributed by atoms with Crippen molar-refractivity contribution >= 4 is 11.9 Å². The molecule has 2 atom stereocenters. The molecule has 0 saturated carbocycles. The van der Waals surface area contributed by atoms with E-state index in [9.17, 15) is 9.59 Å². The molecule has 2 saturated heterocycles. The van der Waals surface area contributed by atoms with Gasteiger partial charge in [0.1, 0.15) is 0 Å². The molecule has 2 aliphatic rings. The van der Waals surface area contributed by atoms with E-state index in [1.54, 1.807) is 4.90 Å². The second-order valence-corrected chi connectivity index (χ2v) is 4.51. The van der Waals surface area contributed by atoms with E-state index in [0.717, 1.165) is 0 Å². The maximum atomic E-state index is 11.9. The van der Waals surface area contributed by atoms with Crippen LogP contribution in [0.25, 0.3) is 0 Å². The topological polar surface area (TPSA) is 92.9 Å². The van der Waals surface area contributed by atoms with Crippen LogP contribution in [0.2, 0.25) is 0 Å². The largest absolute Gasteiger partial charge is 0.481 e. The summed E-state index contributed by atoms with van der Waals surface area (Å²) in [5.41, 5.74) is 5.75. The average Bonchev–Trinajstić information content (AvgIpc) is 2.56. The van der Waals surface area contributed by atoms with Gasteiger partial charge in [0, 0.05) is 25.0 Å². The van der Waals surface area contributed by atoms with Gasteiger partial charge in [-0.2, -0.15) is 0 Å². The molecule has 0 radical (unpaired) electrons. The zero-order chi connectivity index (χ0) is 11.7. The minimum atomic E-state index is -0.807. The summed E-state index contributed by atoms with van der Waals surface area (Å²) in [6, 6.07) is -0.217. The van der Waals surface area contributed by atoms with E-state index in [0.29, 0.717) is 26.3 Å². The van der Waals surface area contributed by atoms with Gasteiger partial charge in [-0.05, 0) is 0 Å². The maximum Gasteiger partial charge on any atom is 0.303 e. The van der Waals surface area contributed by atoms with Crippen LogP contribution in [-0.2, 0) is 14.3 Å². The average molecular weight is 228 g/mol. The van der Waals surface area contributed by atoms with Crippen molar-refractivity contribution in [2.24, 2.45) is 17.6 Å². The second kappa shape index (κ2) is 4.39. The number of carbonyl (C=O) groups is 2. The molecule has 2 unspecified atom stereocenters. The highest BCUT2D eigenvalue weighted by Crippen LogP contribution is 2.24. The molecule has 0 aliphatic carbocycles. The van der Waals surface area contributed by atoms with Crippen molar-refractivity contribution in [1.82, 2.24) is 4.90 Å². The van der Waals surface area contributed by atoms with Crippen LogP contribution in [0.4, 0.5) is 0 Å². The quantitative estimate of drug-likeness (QED) is 0.639. The summed E-state index contributed by atoms with van der Waals surface area (Å²) in [5, 5.41) is 8.58. The van der Waals surface area contributed by atoms with Gasteiger partial charge in [-0.15, -0.1) is 0 Å². The first kappa shape index (κ1) is 11.3. The number of nitrogens with zero attached hydrogens (tertiary/aromatic N) is 1. The summed E-state index contributed by atoms with van der Waals surface area (Å²) < 4.78 is 5.13. The van der Waals surface area contributed by atoms with Crippen LogP contribution in [-0.4, -0.2) is 54.2 Å². The Hall–Kier alpha value is -1.14. The normalized spacial score (nSPS) is 30.2. The van der Waals surface area contributed by atoms with Crippen molar-refractivity contribution < 1.29 is 19.4 Å². The molecule has 1 amide bonds. The number of nitrogens with two attached hydrogens (primary N) is 1. The predicted molar refractivity (Wildman–Crippen MR) is 54.6 cm³/mol. The molecule has 0 aromatic rings. The number of amides is 1. The van der Waals surface area contributed by atoms with Gasteiger partial charge in [-0.3, -0.25) is 9.59 Å². The highest BCUT2D eigenvalue weighted by Gasteiger charge is 2.39. The molecule has 16 heavy (non-hydrogen) atoms. The number of likely N-dealkylation sites (tertiary alicyclic amines) is 1. The van der Waals surface area contributed by atoms with Gasteiger partial charge in [0.15, 0.2) is 0 Å². The number of hydrogen-bond donors (Lipinski definition) is 2. The minimum absolute atomic E-state index is 0.00615. The highest BCUT2D eigenvalue weighted by molar-refractivity contribution is 5.81. The lowest BCUT2D eigenvalue weighted by Crippen LogP contribution is -2.54. The summed E-state index contributed by atoms with van der Waals surface area (Å²) in [4.78, 5) is 24.0. The number of carbonyl (C=O) groups excluding carboxylic acids is 1. The summed E-state index contributed by atoms with van der Waals surface area (Å²) in [6.07, 6.45) is 0.136. The highest BCUT2D eigenvalue weighted by atomic mass is 16.5. The van der Waals surface area contributed by atoms with Gasteiger partial charge >= 0.3 is 5.97 Å². The van der Waals surface area contributed by atoms with E-state index in [1.807, 2.05) is 0 Å². The van der Waals surface area contributed by atoms with Crippen LogP contribution in [0.5, 0.6) is 0 Å². The van der Waals surface area contributed by atoms with Crippen LogP contribution in [0.15, 0.2) is 0 Å². The first-order chi connectivity index (χ1) is 7.58. The van der Waals surface area contributed by atoms with Crippen molar-refractivity contribution in [3.05, 3.63) is 0 Å². The van der Waals surface area contributed by atoms with Gasteiger partial charge in [-0.25, -0.2) is 0 Å². The third-order valence-electron chi connectivity index (χ3n) is 3.17. The van der Waals surface area contributed by atoms with Crippen LogP contribution in [0.3, 0.4) is 0 Å². The number of rotatable bonds is 3. The fourth-order valence-corrected chi connectivity index (χ4v) is 2.19. The number of carboxylic acids is 1. The van der Waals surface area contributed by atoms with Crippen molar-refractivity contribution in [2.75, 3.05) is 26.3 Å². The van der Waals surface area contributed by atoms with Gasteiger partial charge < -0.3 is 20.5 Å². The molecule has 90 valence electrons. The first-order valence-corrected chi connectivity index (χ1v) is 5.42. The molecule has 2 rings (SSSR count). The summed E-state index contributed by atoms with van der Waals surface area (Å²) in [6.45, 7) is 1.89. The SMILES string of the molecule is NC1COCC1C(=O)N1CC(CC(=O)O)C1. The Morgan fingerprint density at radius 1 is 1.38 bits per heavy atom. The molecular weight excluding hydrogens is 212 g/mol. The molecule has 0 aromatic carbocycles. The Bertz CT molecular complexity index is 301. The Labute approximate surface area is 93.3 Å². The van der Waals surface area contributed by atoms with Crippen LogP contribution in [0, 0.1) is 11.8 Å². The molecule has 0 spiro atoms. The predicted octanol–water partition coefficient (Wildman–Crippen LogP) is -1.11. The molecule has 6 heteroatoms. The second-order valence-electron chi connectivity index (χ2n) is 4.51. The van der Waals surface area contributed by atoms with Crippen LogP contribution < -0.4 is 5.73 Å². The monoisotopic (exact) mass is 228 g/mol. The zero-order valence-corrected chi connectivity index (χ0v) is 8.96. The molecule has 3 N–H and O–H groups in total. The van der Waals surface area contributed by atoms with Gasteiger partial charge in [-0.1, -0.05) is 0 Å². The fraction of sp³-hybridized carbons (Fsp3) is 0.800. The molecule has 0 aromatic heterocycles. The summed E-state index contributed by atoms with van der Waals surface area (Å²) in [5.74, 6) is -0.949. The van der Waals surface area contributed by atoms with E-state index < -0.39 is 5.97 Å². The van der Waals surface area contributed by atoms with E-state index >= 15 is 0 Å². The molecule has 2 aliphatic heterocycles. The van der Waals surface area contributed by atoms with Gasteiger partial charge in [0.05, 0.1) is 25.6 Å². The lowest BCUT2D eigenvalue weighted by Gasteiger charge is -2.40. The third kappa shape index (κ3) is 2.17. The molecule has 0 bridgehead atoms. The Morgan fingerprint density at radius 3 is 2.56 bits per heavy atom. The fourth-order valence-electron chi connectivity index (χ4n) is 2.19. The minimum Gasteiger partial charge on any atom is -0.481 e. The van der Waals surface area contributed by atoms with E-state index in [1.165, 1.54) is 0 Å². The molecule has 6 nitrogen and oxygen atoms in total. The van der Waals surface area contributed by atoms with Gasteiger partial charge in [0.2, 0.25) is 5.91 Å². The van der Waals surface area contributed by atoms with E-state index in [4.69, 9.17) is 15.6 Å². The van der Waals surface area contributed by atoms with E-state index in [2.05, 4.69) is 0 Å². The number of carboxylic acid groups (broad SMARTS) is 1. The lowest BCUT2D eigenvalue weighted by atomic mass is 9.93. The number of hydrogen-bond acceptors (Lipinski definition) is 4. The van der Waals surface area contributed by atoms with Gasteiger partial charge in [0.25, 0.3) is 0 Å².